The molecule has 4 aromatic rings. The number of ether oxygens (including phenoxy) is 1. The third-order valence-corrected chi connectivity index (χ3v) is 4.44. The molecule has 0 atom stereocenters. The van der Waals surface area contributed by atoms with Gasteiger partial charge in [0.05, 0.1) is 19.9 Å². The first-order valence-corrected chi connectivity index (χ1v) is 8.73. The second kappa shape index (κ2) is 6.84. The maximum absolute atomic E-state index is 12.5. The molecule has 0 unspecified atom stereocenters. The second-order valence-corrected chi connectivity index (χ2v) is 6.62. The van der Waals surface area contributed by atoms with Crippen LogP contribution in [0, 0.1) is 0 Å². The van der Waals surface area contributed by atoms with Crippen LogP contribution in [0.15, 0.2) is 51.7 Å². The standard InChI is InChI=1S/C18H13BrN4O4/c1-26-18(25)13-7-11(19)5-10-6-12(27-15(10)13)8-21-17(24)14-9-22-23-4-2-3-20-16(14)23/h2-7,9H,8H2,1H3,(H,21,24). The third-order valence-electron chi connectivity index (χ3n) is 3.98. The van der Waals surface area contributed by atoms with Gasteiger partial charge in [-0.2, -0.15) is 5.10 Å². The molecule has 1 aromatic carbocycles. The Morgan fingerprint density at radius 3 is 2.96 bits per heavy atom. The smallest absolute Gasteiger partial charge is 0.341 e. The molecular weight excluding hydrogens is 416 g/mol. The lowest BCUT2D eigenvalue weighted by atomic mass is 10.1. The van der Waals surface area contributed by atoms with Crippen molar-refractivity contribution in [3.63, 3.8) is 0 Å². The van der Waals surface area contributed by atoms with Crippen LogP contribution in [-0.2, 0) is 11.3 Å². The maximum Gasteiger partial charge on any atom is 0.341 e. The summed E-state index contributed by atoms with van der Waals surface area (Å²) in [4.78, 5) is 28.6. The minimum atomic E-state index is -0.497. The van der Waals surface area contributed by atoms with Gasteiger partial charge in [-0.15, -0.1) is 0 Å². The number of fused-ring (bicyclic) bond motifs is 2. The van der Waals surface area contributed by atoms with Crippen molar-refractivity contribution in [1.29, 1.82) is 0 Å². The number of esters is 1. The minimum Gasteiger partial charge on any atom is -0.465 e. The fraction of sp³-hybridized carbons (Fsp3) is 0.111. The number of aromatic nitrogens is 3. The van der Waals surface area contributed by atoms with E-state index >= 15 is 0 Å². The molecule has 0 saturated heterocycles. The van der Waals surface area contributed by atoms with E-state index in [9.17, 15) is 9.59 Å². The number of nitrogens with zero attached hydrogens (tertiary/aromatic N) is 3. The number of hydrogen-bond acceptors (Lipinski definition) is 6. The van der Waals surface area contributed by atoms with Gasteiger partial charge in [-0.25, -0.2) is 14.3 Å². The van der Waals surface area contributed by atoms with Crippen LogP contribution < -0.4 is 5.32 Å². The van der Waals surface area contributed by atoms with Gasteiger partial charge >= 0.3 is 5.97 Å². The van der Waals surface area contributed by atoms with Crippen molar-refractivity contribution in [2.24, 2.45) is 0 Å². The van der Waals surface area contributed by atoms with E-state index in [-0.39, 0.29) is 12.5 Å². The lowest BCUT2D eigenvalue weighted by Crippen LogP contribution is -2.22. The van der Waals surface area contributed by atoms with Crippen LogP contribution in [0.4, 0.5) is 0 Å². The molecule has 1 N–H and O–H groups in total. The van der Waals surface area contributed by atoms with E-state index in [1.54, 1.807) is 30.6 Å². The van der Waals surface area contributed by atoms with Gasteiger partial charge in [-0.3, -0.25) is 4.79 Å². The largest absolute Gasteiger partial charge is 0.465 e. The average Bonchev–Trinajstić information content (AvgIpc) is 3.28. The molecule has 0 aliphatic heterocycles. The summed E-state index contributed by atoms with van der Waals surface area (Å²) in [7, 11) is 1.31. The van der Waals surface area contributed by atoms with Crippen molar-refractivity contribution in [3.05, 3.63) is 64.2 Å². The highest BCUT2D eigenvalue weighted by Crippen LogP contribution is 2.28. The number of furan rings is 1. The lowest BCUT2D eigenvalue weighted by Gasteiger charge is -2.02. The van der Waals surface area contributed by atoms with Crippen LogP contribution in [0.2, 0.25) is 0 Å². The van der Waals surface area contributed by atoms with Crippen LogP contribution in [0.5, 0.6) is 0 Å². The predicted molar refractivity (Wildman–Crippen MR) is 99.4 cm³/mol. The van der Waals surface area contributed by atoms with Crippen LogP contribution in [-0.4, -0.2) is 33.6 Å². The highest BCUT2D eigenvalue weighted by atomic mass is 79.9. The summed E-state index contributed by atoms with van der Waals surface area (Å²) in [6, 6.07) is 6.95. The molecule has 0 bridgehead atoms. The van der Waals surface area contributed by atoms with Crippen LogP contribution in [0.25, 0.3) is 16.6 Å². The molecule has 8 nitrogen and oxygen atoms in total. The first kappa shape index (κ1) is 17.2. The van der Waals surface area contributed by atoms with Gasteiger partial charge in [0.25, 0.3) is 5.91 Å². The molecular formula is C18H13BrN4O4. The van der Waals surface area contributed by atoms with E-state index in [1.807, 2.05) is 6.07 Å². The number of carbonyl (C=O) groups is 2. The average molecular weight is 429 g/mol. The number of benzene rings is 1. The number of rotatable bonds is 4. The van der Waals surface area contributed by atoms with Gasteiger partial charge in [0.2, 0.25) is 0 Å². The second-order valence-electron chi connectivity index (χ2n) is 5.70. The van der Waals surface area contributed by atoms with E-state index in [1.165, 1.54) is 17.8 Å². The number of halogens is 1. The Morgan fingerprint density at radius 2 is 2.15 bits per heavy atom. The van der Waals surface area contributed by atoms with E-state index in [2.05, 4.69) is 31.3 Å². The normalized spacial score (nSPS) is 11.0. The van der Waals surface area contributed by atoms with Crippen molar-refractivity contribution in [2.45, 2.75) is 6.54 Å². The van der Waals surface area contributed by atoms with E-state index in [0.29, 0.717) is 28.1 Å². The van der Waals surface area contributed by atoms with Gasteiger partial charge in [0.1, 0.15) is 22.5 Å². The van der Waals surface area contributed by atoms with Gasteiger partial charge in [0, 0.05) is 22.3 Å². The summed E-state index contributed by atoms with van der Waals surface area (Å²) in [6.45, 7) is 0.149. The molecule has 9 heteroatoms. The number of methoxy groups -OCH3 is 1. The molecule has 0 saturated carbocycles. The fourth-order valence-electron chi connectivity index (χ4n) is 2.77. The van der Waals surface area contributed by atoms with Crippen molar-refractivity contribution >= 4 is 44.4 Å². The topological polar surface area (TPSA) is 98.7 Å². The molecule has 0 aliphatic rings. The summed E-state index contributed by atoms with van der Waals surface area (Å²) in [6.07, 6.45) is 4.77. The van der Waals surface area contributed by atoms with E-state index in [4.69, 9.17) is 9.15 Å². The summed E-state index contributed by atoms with van der Waals surface area (Å²) in [5.74, 6) is -0.312. The first-order valence-electron chi connectivity index (χ1n) is 7.93. The molecule has 3 aromatic heterocycles. The third kappa shape index (κ3) is 3.17. The summed E-state index contributed by atoms with van der Waals surface area (Å²) < 4.78 is 12.8. The Morgan fingerprint density at radius 1 is 1.30 bits per heavy atom. The van der Waals surface area contributed by atoms with Crippen LogP contribution in [0.1, 0.15) is 26.5 Å². The Labute approximate surface area is 161 Å². The molecule has 27 heavy (non-hydrogen) atoms. The molecule has 0 aliphatic carbocycles. The summed E-state index contributed by atoms with van der Waals surface area (Å²) >= 11 is 3.37. The van der Waals surface area contributed by atoms with Gasteiger partial charge in [-0.1, -0.05) is 15.9 Å². The highest BCUT2D eigenvalue weighted by molar-refractivity contribution is 9.10. The quantitative estimate of drug-likeness (QED) is 0.501. The molecule has 0 spiro atoms. The highest BCUT2D eigenvalue weighted by Gasteiger charge is 2.18. The molecule has 0 radical (unpaired) electrons. The number of nitrogens with one attached hydrogen (secondary N) is 1. The van der Waals surface area contributed by atoms with E-state index < -0.39 is 5.97 Å². The number of amides is 1. The van der Waals surface area contributed by atoms with Crippen molar-refractivity contribution in [3.8, 4) is 0 Å². The minimum absolute atomic E-state index is 0.149. The van der Waals surface area contributed by atoms with Gasteiger partial charge < -0.3 is 14.5 Å². The predicted octanol–water partition coefficient (Wildman–Crippen LogP) is 2.95. The van der Waals surface area contributed by atoms with Gasteiger partial charge in [-0.05, 0) is 24.3 Å². The Hall–Kier alpha value is -3.20. The number of carbonyl (C=O) groups excluding carboxylic acids is 2. The SMILES string of the molecule is COC(=O)c1cc(Br)cc2cc(CNC(=O)c3cnn4cccnc34)oc12. The fourth-order valence-corrected chi connectivity index (χ4v) is 3.24. The van der Waals surface area contributed by atoms with Crippen LogP contribution >= 0.6 is 15.9 Å². The Kier molecular flexibility index (Phi) is 4.36. The van der Waals surface area contributed by atoms with Crippen molar-refractivity contribution < 1.29 is 18.7 Å². The maximum atomic E-state index is 12.5. The lowest BCUT2D eigenvalue weighted by molar-refractivity contribution is 0.0601. The molecule has 3 heterocycles. The zero-order valence-corrected chi connectivity index (χ0v) is 15.7. The molecule has 4 rings (SSSR count). The molecule has 1 amide bonds. The summed E-state index contributed by atoms with van der Waals surface area (Å²) in [5.41, 5.74) is 1.56. The Bertz CT molecular complexity index is 1180. The first-order chi connectivity index (χ1) is 13.1. The van der Waals surface area contributed by atoms with Gasteiger partial charge in [0.15, 0.2) is 5.65 Å². The van der Waals surface area contributed by atoms with Crippen LogP contribution in [0.3, 0.4) is 0 Å². The number of hydrogen-bond donors (Lipinski definition) is 1. The monoisotopic (exact) mass is 428 g/mol. The summed E-state index contributed by atoms with van der Waals surface area (Å²) in [5, 5.41) is 7.60. The zero-order valence-electron chi connectivity index (χ0n) is 14.1. The molecule has 0 fully saturated rings. The van der Waals surface area contributed by atoms with Crippen molar-refractivity contribution in [2.75, 3.05) is 7.11 Å². The Balaban J connectivity index is 1.59. The zero-order chi connectivity index (χ0) is 19.0. The van der Waals surface area contributed by atoms with E-state index in [0.717, 1.165) is 9.86 Å². The molecule has 136 valence electrons. The van der Waals surface area contributed by atoms with Crippen molar-refractivity contribution in [1.82, 2.24) is 19.9 Å².